The van der Waals surface area contributed by atoms with Crippen molar-refractivity contribution in [3.8, 4) is 0 Å². The minimum atomic E-state index is -3.13. The summed E-state index contributed by atoms with van der Waals surface area (Å²) in [7, 11) is -3.13. The van der Waals surface area contributed by atoms with Gasteiger partial charge in [-0.05, 0) is 12.1 Å². The summed E-state index contributed by atoms with van der Waals surface area (Å²) in [5, 5.41) is -0.181. The highest BCUT2D eigenvalue weighted by Crippen LogP contribution is 2.39. The van der Waals surface area contributed by atoms with E-state index in [1.807, 2.05) is 0 Å². The van der Waals surface area contributed by atoms with Crippen LogP contribution in [0.15, 0.2) is 22.8 Å². The van der Waals surface area contributed by atoms with E-state index >= 15 is 0 Å². The summed E-state index contributed by atoms with van der Waals surface area (Å²) in [5.74, 6) is 1.52. The molecule has 0 radical (unpaired) electrons. The monoisotopic (exact) mass is 233 g/mol. The Labute approximate surface area is 87.3 Å². The summed E-state index contributed by atoms with van der Waals surface area (Å²) in [5.41, 5.74) is 0. The topological polar surface area (TPSA) is 50.5 Å². The number of furan rings is 1. The van der Waals surface area contributed by atoms with E-state index in [1.165, 1.54) is 10.6 Å². The van der Waals surface area contributed by atoms with Gasteiger partial charge in [-0.25, -0.2) is 8.42 Å². The van der Waals surface area contributed by atoms with Crippen LogP contribution in [0.4, 0.5) is 0 Å². The van der Waals surface area contributed by atoms with Gasteiger partial charge in [0.1, 0.15) is 11.1 Å². The fraction of sp³-hybridized carbons (Fsp3) is 0.500. The molecule has 4 nitrogen and oxygen atoms in total. The Balaban J connectivity index is 2.28. The molecule has 0 unspecified atom stereocenters. The number of hydrogen-bond donors (Lipinski definition) is 0. The van der Waals surface area contributed by atoms with E-state index in [1.54, 1.807) is 30.2 Å². The van der Waals surface area contributed by atoms with Crippen LogP contribution in [0.2, 0.25) is 0 Å². The standard InChI is InChI=1S/C8H11NO3S2/c1-14(10,11)9-4-6-13-8(9)7-3-2-5-12-7/h2-3,5,8H,4,6H2,1H3/t8-/m1/s1. The first-order chi connectivity index (χ1) is 6.59. The van der Waals surface area contributed by atoms with E-state index in [4.69, 9.17) is 4.42 Å². The van der Waals surface area contributed by atoms with Crippen molar-refractivity contribution in [1.82, 2.24) is 4.31 Å². The summed E-state index contributed by atoms with van der Waals surface area (Å²) in [6.45, 7) is 0.564. The van der Waals surface area contributed by atoms with Gasteiger partial charge in [0.2, 0.25) is 10.0 Å². The number of thioether (sulfide) groups is 1. The van der Waals surface area contributed by atoms with Crippen molar-refractivity contribution in [3.63, 3.8) is 0 Å². The SMILES string of the molecule is CS(=O)(=O)N1CCS[C@@H]1c1ccco1. The molecule has 1 aliphatic rings. The van der Waals surface area contributed by atoms with Crippen molar-refractivity contribution in [2.75, 3.05) is 18.6 Å². The van der Waals surface area contributed by atoms with Crippen molar-refractivity contribution in [2.24, 2.45) is 0 Å². The third-order valence-corrected chi connectivity index (χ3v) is 4.66. The summed E-state index contributed by atoms with van der Waals surface area (Å²) < 4.78 is 29.5. The quantitative estimate of drug-likeness (QED) is 0.772. The van der Waals surface area contributed by atoms with Gasteiger partial charge < -0.3 is 4.42 Å². The Hall–Kier alpha value is -0.460. The van der Waals surface area contributed by atoms with Crippen LogP contribution in [0, 0.1) is 0 Å². The molecule has 1 saturated heterocycles. The van der Waals surface area contributed by atoms with E-state index in [0.29, 0.717) is 12.3 Å². The lowest BCUT2D eigenvalue weighted by atomic mass is 10.4. The van der Waals surface area contributed by atoms with E-state index < -0.39 is 10.0 Å². The zero-order valence-corrected chi connectivity index (χ0v) is 9.35. The van der Waals surface area contributed by atoms with E-state index in [9.17, 15) is 8.42 Å². The Morgan fingerprint density at radius 3 is 3.00 bits per heavy atom. The highest BCUT2D eigenvalue weighted by atomic mass is 32.2. The zero-order chi connectivity index (χ0) is 10.2. The van der Waals surface area contributed by atoms with Gasteiger partial charge in [0, 0.05) is 12.3 Å². The van der Waals surface area contributed by atoms with E-state index in [2.05, 4.69) is 0 Å². The Kier molecular flexibility index (Phi) is 2.59. The third kappa shape index (κ3) is 1.82. The van der Waals surface area contributed by atoms with Gasteiger partial charge >= 0.3 is 0 Å². The molecular weight excluding hydrogens is 222 g/mol. The van der Waals surface area contributed by atoms with Gasteiger partial charge in [0.05, 0.1) is 12.5 Å². The second kappa shape index (κ2) is 3.60. The van der Waals surface area contributed by atoms with Crippen LogP contribution >= 0.6 is 11.8 Å². The van der Waals surface area contributed by atoms with Crippen LogP contribution in [0.25, 0.3) is 0 Å². The van der Waals surface area contributed by atoms with Crippen LogP contribution in [0.1, 0.15) is 11.1 Å². The summed E-state index contributed by atoms with van der Waals surface area (Å²) in [4.78, 5) is 0. The lowest BCUT2D eigenvalue weighted by Gasteiger charge is -2.18. The Bertz CT molecular complexity index is 398. The Morgan fingerprint density at radius 2 is 2.43 bits per heavy atom. The van der Waals surface area contributed by atoms with E-state index in [-0.39, 0.29) is 5.37 Å². The molecule has 0 aliphatic carbocycles. The maximum Gasteiger partial charge on any atom is 0.212 e. The molecule has 0 spiro atoms. The molecule has 0 bridgehead atoms. The smallest absolute Gasteiger partial charge is 0.212 e. The zero-order valence-electron chi connectivity index (χ0n) is 7.71. The fourth-order valence-corrected chi connectivity index (χ4v) is 4.19. The predicted molar refractivity (Wildman–Crippen MR) is 55.5 cm³/mol. The molecule has 0 N–H and O–H groups in total. The number of sulfonamides is 1. The van der Waals surface area contributed by atoms with Gasteiger partial charge in [-0.15, -0.1) is 11.8 Å². The van der Waals surface area contributed by atoms with Gasteiger partial charge in [-0.1, -0.05) is 0 Å². The molecule has 0 amide bonds. The molecule has 14 heavy (non-hydrogen) atoms. The molecule has 1 fully saturated rings. The maximum atomic E-state index is 11.4. The van der Waals surface area contributed by atoms with Gasteiger partial charge in [0.15, 0.2) is 0 Å². The van der Waals surface area contributed by atoms with Crippen molar-refractivity contribution in [3.05, 3.63) is 24.2 Å². The average Bonchev–Trinajstić information content (AvgIpc) is 2.73. The molecule has 0 saturated carbocycles. The molecule has 1 aromatic heterocycles. The molecule has 1 atom stereocenters. The minimum absolute atomic E-state index is 0.181. The molecule has 78 valence electrons. The predicted octanol–water partition coefficient (Wildman–Crippen LogP) is 1.29. The first-order valence-corrected chi connectivity index (χ1v) is 7.10. The van der Waals surface area contributed by atoms with Crippen LogP contribution in [0.3, 0.4) is 0 Å². The second-order valence-electron chi connectivity index (χ2n) is 3.11. The van der Waals surface area contributed by atoms with Gasteiger partial charge in [0.25, 0.3) is 0 Å². The first-order valence-electron chi connectivity index (χ1n) is 4.21. The van der Waals surface area contributed by atoms with Gasteiger partial charge in [-0.2, -0.15) is 4.31 Å². The summed E-state index contributed by atoms with van der Waals surface area (Å²) in [6, 6.07) is 3.58. The van der Waals surface area contributed by atoms with Crippen LogP contribution in [-0.4, -0.2) is 31.3 Å². The van der Waals surface area contributed by atoms with Crippen LogP contribution in [-0.2, 0) is 10.0 Å². The highest BCUT2D eigenvalue weighted by molar-refractivity contribution is 8.00. The summed E-state index contributed by atoms with van der Waals surface area (Å²) in [6.07, 6.45) is 2.80. The van der Waals surface area contributed by atoms with Crippen molar-refractivity contribution in [2.45, 2.75) is 5.37 Å². The average molecular weight is 233 g/mol. The molecule has 1 aromatic rings. The molecular formula is C8H11NO3S2. The normalized spacial score (nSPS) is 24.2. The maximum absolute atomic E-state index is 11.4. The Morgan fingerprint density at radius 1 is 1.64 bits per heavy atom. The van der Waals surface area contributed by atoms with E-state index in [0.717, 1.165) is 5.75 Å². The van der Waals surface area contributed by atoms with Crippen LogP contribution in [0.5, 0.6) is 0 Å². The molecule has 1 aliphatic heterocycles. The molecule has 0 aromatic carbocycles. The van der Waals surface area contributed by atoms with Crippen LogP contribution < -0.4 is 0 Å². The number of rotatable bonds is 2. The third-order valence-electron chi connectivity index (χ3n) is 2.06. The largest absolute Gasteiger partial charge is 0.467 e. The number of nitrogens with zero attached hydrogens (tertiary/aromatic N) is 1. The molecule has 2 heterocycles. The van der Waals surface area contributed by atoms with Crippen molar-refractivity contribution < 1.29 is 12.8 Å². The molecule has 2 rings (SSSR count). The first kappa shape index (κ1) is 10.1. The summed E-state index contributed by atoms with van der Waals surface area (Å²) >= 11 is 1.59. The second-order valence-corrected chi connectivity index (χ2v) is 6.24. The molecule has 6 heteroatoms. The number of hydrogen-bond acceptors (Lipinski definition) is 4. The minimum Gasteiger partial charge on any atom is -0.467 e. The fourth-order valence-electron chi connectivity index (χ4n) is 1.45. The lowest BCUT2D eigenvalue weighted by molar-refractivity contribution is 0.385. The lowest BCUT2D eigenvalue weighted by Crippen LogP contribution is -2.29. The van der Waals surface area contributed by atoms with Crippen molar-refractivity contribution in [1.29, 1.82) is 0 Å². The van der Waals surface area contributed by atoms with Gasteiger partial charge in [-0.3, -0.25) is 0 Å². The highest BCUT2D eigenvalue weighted by Gasteiger charge is 2.34. The van der Waals surface area contributed by atoms with Crippen molar-refractivity contribution >= 4 is 21.8 Å².